The Hall–Kier alpha value is -3.93. The quantitative estimate of drug-likeness (QED) is 0.453. The molecule has 1 aliphatic rings. The normalized spacial score (nSPS) is 13.8. The Morgan fingerprint density at radius 2 is 1.84 bits per heavy atom. The van der Waals surface area contributed by atoms with Gasteiger partial charge in [0.25, 0.3) is 0 Å². The van der Waals surface area contributed by atoms with Crippen molar-refractivity contribution < 1.29 is 4.79 Å². The van der Waals surface area contributed by atoms with E-state index in [1.54, 1.807) is 6.33 Å². The largest absolute Gasteiger partial charge is 0.343 e. The second-order valence-electron chi connectivity index (χ2n) is 8.12. The highest BCUT2D eigenvalue weighted by Crippen LogP contribution is 2.30. The van der Waals surface area contributed by atoms with Crippen LogP contribution in [-0.4, -0.2) is 39.0 Å². The van der Waals surface area contributed by atoms with E-state index in [9.17, 15) is 4.79 Å². The summed E-state index contributed by atoms with van der Waals surface area (Å²) in [6.45, 7) is 5.33. The molecule has 32 heavy (non-hydrogen) atoms. The van der Waals surface area contributed by atoms with Crippen LogP contribution in [-0.2, 0) is 0 Å². The van der Waals surface area contributed by atoms with Crippen LogP contribution < -0.4 is 5.32 Å². The first kappa shape index (κ1) is 20.0. The molecule has 0 spiro atoms. The van der Waals surface area contributed by atoms with E-state index >= 15 is 0 Å². The van der Waals surface area contributed by atoms with Crippen LogP contribution in [0.4, 0.5) is 10.5 Å². The van der Waals surface area contributed by atoms with Gasteiger partial charge in [-0.15, -0.1) is 0 Å². The lowest BCUT2D eigenvalue weighted by molar-refractivity contribution is 0.217. The first-order valence-electron chi connectivity index (χ1n) is 10.8. The monoisotopic (exact) mass is 423 g/mol. The number of carbonyl (C=O) groups excluding carboxylic acids is 1. The third-order valence-electron chi connectivity index (χ3n) is 6.11. The lowest BCUT2D eigenvalue weighted by atomic mass is 10.0. The minimum atomic E-state index is -0.0907. The third-order valence-corrected chi connectivity index (χ3v) is 6.11. The van der Waals surface area contributed by atoms with Gasteiger partial charge in [0, 0.05) is 29.9 Å². The number of hydrogen-bond donors (Lipinski definition) is 2. The number of aromatic amines is 1. The van der Waals surface area contributed by atoms with Gasteiger partial charge in [-0.05, 0) is 54.7 Å². The zero-order valence-electron chi connectivity index (χ0n) is 18.2. The summed E-state index contributed by atoms with van der Waals surface area (Å²) >= 11 is 0. The molecule has 2 aromatic carbocycles. The summed E-state index contributed by atoms with van der Waals surface area (Å²) < 4.78 is 0. The molecule has 0 saturated heterocycles. The van der Waals surface area contributed by atoms with Gasteiger partial charge in [-0.25, -0.2) is 14.8 Å². The minimum Gasteiger partial charge on any atom is -0.343 e. The average Bonchev–Trinajstić information content (AvgIpc) is 3.13. The molecule has 6 nitrogen and oxygen atoms in total. The Morgan fingerprint density at radius 1 is 1.03 bits per heavy atom. The predicted octanol–water partition coefficient (Wildman–Crippen LogP) is 5.56. The van der Waals surface area contributed by atoms with Crippen molar-refractivity contribution in [1.29, 1.82) is 0 Å². The highest BCUT2D eigenvalue weighted by Gasteiger charge is 2.21. The number of fused-ring (bicyclic) bond motifs is 1. The van der Waals surface area contributed by atoms with Crippen LogP contribution in [0.3, 0.4) is 0 Å². The van der Waals surface area contributed by atoms with Crippen LogP contribution in [0, 0.1) is 13.8 Å². The third kappa shape index (κ3) is 3.75. The Bertz CT molecular complexity index is 1320. The van der Waals surface area contributed by atoms with Crippen molar-refractivity contribution in [3.05, 3.63) is 84.0 Å². The number of anilines is 1. The van der Waals surface area contributed by atoms with E-state index in [0.29, 0.717) is 13.1 Å². The molecular weight excluding hydrogens is 398 g/mol. The molecule has 0 atom stereocenters. The molecule has 5 rings (SSSR count). The van der Waals surface area contributed by atoms with Gasteiger partial charge >= 0.3 is 6.03 Å². The first-order valence-corrected chi connectivity index (χ1v) is 10.8. The van der Waals surface area contributed by atoms with E-state index in [4.69, 9.17) is 0 Å². The van der Waals surface area contributed by atoms with E-state index in [0.717, 1.165) is 51.2 Å². The van der Waals surface area contributed by atoms with Crippen LogP contribution in [0.2, 0.25) is 0 Å². The second kappa shape index (κ2) is 8.30. The highest BCUT2D eigenvalue weighted by atomic mass is 16.2. The van der Waals surface area contributed by atoms with Crippen LogP contribution in [0.5, 0.6) is 0 Å². The van der Waals surface area contributed by atoms with Gasteiger partial charge in [0.15, 0.2) is 0 Å². The van der Waals surface area contributed by atoms with E-state index < -0.39 is 0 Å². The van der Waals surface area contributed by atoms with Crippen molar-refractivity contribution >= 4 is 28.3 Å². The number of benzene rings is 2. The van der Waals surface area contributed by atoms with Crippen molar-refractivity contribution in [2.45, 2.75) is 20.3 Å². The van der Waals surface area contributed by atoms with Crippen molar-refractivity contribution in [3.8, 4) is 11.1 Å². The predicted molar refractivity (Wildman–Crippen MR) is 128 cm³/mol. The molecule has 4 aromatic rings. The van der Waals surface area contributed by atoms with Gasteiger partial charge in [-0.1, -0.05) is 48.5 Å². The van der Waals surface area contributed by atoms with Crippen molar-refractivity contribution in [2.24, 2.45) is 0 Å². The van der Waals surface area contributed by atoms with Gasteiger partial charge in [0.2, 0.25) is 0 Å². The van der Waals surface area contributed by atoms with Gasteiger partial charge in [-0.2, -0.15) is 0 Å². The molecule has 160 valence electrons. The molecule has 2 N–H and O–H groups in total. The lowest BCUT2D eigenvalue weighted by Crippen LogP contribution is -2.38. The molecule has 0 aliphatic carbocycles. The van der Waals surface area contributed by atoms with Gasteiger partial charge in [-0.3, -0.25) is 0 Å². The SMILES string of the molecule is Cc1[nH]c2ncnc(C3=CCN(C(=O)Nc4cccc(-c5ccccc5)c4)CC3)c2c1C. The standard InChI is InChI=1S/C26H25N5O/c1-17-18(2)29-25-23(17)24(27-16-28-25)20-11-13-31(14-12-20)26(32)30-22-10-6-9-21(15-22)19-7-4-3-5-8-19/h3-11,15-16H,12-14H2,1-2H3,(H,30,32)(H,27,28,29). The number of rotatable bonds is 3. The summed E-state index contributed by atoms with van der Waals surface area (Å²) in [5.74, 6) is 0. The van der Waals surface area contributed by atoms with Gasteiger partial charge < -0.3 is 15.2 Å². The molecule has 0 bridgehead atoms. The Kier molecular flexibility index (Phi) is 5.19. The van der Waals surface area contributed by atoms with E-state index in [1.807, 2.05) is 47.4 Å². The topological polar surface area (TPSA) is 73.9 Å². The lowest BCUT2D eigenvalue weighted by Gasteiger charge is -2.27. The Morgan fingerprint density at radius 3 is 2.62 bits per heavy atom. The maximum Gasteiger partial charge on any atom is 0.322 e. The molecule has 6 heteroatoms. The number of H-pyrrole nitrogens is 1. The summed E-state index contributed by atoms with van der Waals surface area (Å²) in [6.07, 6.45) is 4.47. The van der Waals surface area contributed by atoms with Gasteiger partial charge in [0.1, 0.15) is 12.0 Å². The Balaban J connectivity index is 1.31. The zero-order valence-corrected chi connectivity index (χ0v) is 18.2. The summed E-state index contributed by atoms with van der Waals surface area (Å²) in [5.41, 5.74) is 8.27. The van der Waals surface area contributed by atoms with Crippen LogP contribution in [0.25, 0.3) is 27.7 Å². The molecule has 3 heterocycles. The fourth-order valence-electron chi connectivity index (χ4n) is 4.22. The molecule has 2 aromatic heterocycles. The fourth-order valence-corrected chi connectivity index (χ4v) is 4.22. The number of urea groups is 1. The van der Waals surface area contributed by atoms with E-state index in [1.165, 1.54) is 5.56 Å². The summed E-state index contributed by atoms with van der Waals surface area (Å²) in [4.78, 5) is 27.0. The summed E-state index contributed by atoms with van der Waals surface area (Å²) in [6, 6.07) is 18.0. The van der Waals surface area contributed by atoms with E-state index in [2.05, 4.69) is 52.3 Å². The number of aromatic nitrogens is 3. The minimum absolute atomic E-state index is 0.0907. The molecule has 0 unspecified atom stereocenters. The molecule has 0 fully saturated rings. The number of hydrogen-bond acceptors (Lipinski definition) is 3. The number of nitrogens with zero attached hydrogens (tertiary/aromatic N) is 3. The highest BCUT2D eigenvalue weighted by molar-refractivity contribution is 5.93. The average molecular weight is 424 g/mol. The summed E-state index contributed by atoms with van der Waals surface area (Å²) in [7, 11) is 0. The number of carbonyl (C=O) groups is 1. The van der Waals surface area contributed by atoms with Crippen molar-refractivity contribution in [2.75, 3.05) is 18.4 Å². The summed E-state index contributed by atoms with van der Waals surface area (Å²) in [5, 5.41) is 4.12. The number of aryl methyl sites for hydroxylation is 2. The second-order valence-corrected chi connectivity index (χ2v) is 8.12. The molecule has 2 amide bonds. The number of nitrogens with one attached hydrogen (secondary N) is 2. The van der Waals surface area contributed by atoms with E-state index in [-0.39, 0.29) is 6.03 Å². The molecule has 0 radical (unpaired) electrons. The number of amides is 2. The van der Waals surface area contributed by atoms with Crippen LogP contribution in [0.15, 0.2) is 67.0 Å². The molecular formula is C26H25N5O. The van der Waals surface area contributed by atoms with Crippen LogP contribution in [0.1, 0.15) is 23.4 Å². The molecule has 0 saturated carbocycles. The molecule has 1 aliphatic heterocycles. The van der Waals surface area contributed by atoms with Crippen molar-refractivity contribution in [1.82, 2.24) is 19.9 Å². The van der Waals surface area contributed by atoms with Crippen LogP contribution >= 0.6 is 0 Å². The maximum absolute atomic E-state index is 12.9. The Labute approximate surface area is 187 Å². The maximum atomic E-state index is 12.9. The fraction of sp³-hybridized carbons (Fsp3) is 0.192. The smallest absolute Gasteiger partial charge is 0.322 e. The van der Waals surface area contributed by atoms with Crippen molar-refractivity contribution in [3.63, 3.8) is 0 Å². The van der Waals surface area contributed by atoms with Gasteiger partial charge in [0.05, 0.1) is 5.69 Å². The first-order chi connectivity index (χ1) is 15.6. The zero-order chi connectivity index (χ0) is 22.1.